The van der Waals surface area contributed by atoms with Crippen molar-refractivity contribution in [2.75, 3.05) is 11.1 Å². The van der Waals surface area contributed by atoms with Gasteiger partial charge in [0.2, 0.25) is 5.91 Å². The van der Waals surface area contributed by atoms with Gasteiger partial charge < -0.3 is 10.1 Å². The van der Waals surface area contributed by atoms with Crippen LogP contribution < -0.4 is 10.9 Å². The Morgan fingerprint density at radius 3 is 2.42 bits per heavy atom. The van der Waals surface area contributed by atoms with Crippen molar-refractivity contribution in [3.63, 3.8) is 0 Å². The number of amides is 1. The molecule has 0 aliphatic carbocycles. The molecule has 1 N–H and O–H groups in total. The number of thioether (sulfide) groups is 1. The zero-order chi connectivity index (χ0) is 25.4. The van der Waals surface area contributed by atoms with E-state index in [2.05, 4.69) is 5.32 Å². The molecule has 1 aliphatic heterocycles. The molecule has 2 aromatic carbocycles. The molecular weight excluding hydrogens is 472 g/mol. The maximum absolute atomic E-state index is 13.7. The van der Waals surface area contributed by atoms with E-state index in [4.69, 9.17) is 14.7 Å². The van der Waals surface area contributed by atoms with Gasteiger partial charge in [0, 0.05) is 17.7 Å². The first kappa shape index (κ1) is 24.2. The number of hydrogen-bond acceptors (Lipinski definition) is 6. The van der Waals surface area contributed by atoms with E-state index in [1.165, 1.54) is 11.8 Å². The molecular formula is C28H28N4O3S. The Balaban J connectivity index is 1.53. The van der Waals surface area contributed by atoms with Gasteiger partial charge in [-0.1, -0.05) is 47.2 Å². The van der Waals surface area contributed by atoms with E-state index >= 15 is 0 Å². The molecule has 0 unspecified atom stereocenters. The largest absolute Gasteiger partial charge is 0.370 e. The summed E-state index contributed by atoms with van der Waals surface area (Å²) in [5, 5.41) is 3.76. The van der Waals surface area contributed by atoms with Gasteiger partial charge >= 0.3 is 0 Å². The van der Waals surface area contributed by atoms with E-state index in [-0.39, 0.29) is 22.8 Å². The summed E-state index contributed by atoms with van der Waals surface area (Å²) in [5.74, 6) is -0.0744. The van der Waals surface area contributed by atoms with Gasteiger partial charge in [-0.05, 0) is 58.0 Å². The van der Waals surface area contributed by atoms with Crippen molar-refractivity contribution in [1.29, 1.82) is 0 Å². The summed E-state index contributed by atoms with van der Waals surface area (Å²) in [6, 6.07) is 17.2. The molecule has 0 radical (unpaired) electrons. The lowest BCUT2D eigenvalue weighted by Gasteiger charge is -2.31. The Bertz CT molecular complexity index is 1510. The van der Waals surface area contributed by atoms with Gasteiger partial charge in [0.05, 0.1) is 34.7 Å². The van der Waals surface area contributed by atoms with Crippen molar-refractivity contribution in [3.05, 3.63) is 87.3 Å². The minimum absolute atomic E-state index is 0.101. The molecule has 0 saturated heterocycles. The van der Waals surface area contributed by atoms with Gasteiger partial charge in [-0.25, -0.2) is 9.97 Å². The fourth-order valence-electron chi connectivity index (χ4n) is 4.16. The second-order valence-electron chi connectivity index (χ2n) is 9.76. The van der Waals surface area contributed by atoms with Crippen LogP contribution in [0.1, 0.15) is 36.2 Å². The van der Waals surface area contributed by atoms with E-state index in [9.17, 15) is 9.59 Å². The first-order chi connectivity index (χ1) is 17.2. The number of aromatic nitrogens is 3. The lowest BCUT2D eigenvalue weighted by molar-refractivity contribution is -0.113. The lowest BCUT2D eigenvalue weighted by Crippen LogP contribution is -2.33. The molecule has 0 fully saturated rings. The number of nitrogens with one attached hydrogen (secondary N) is 1. The number of ether oxygens (including phenoxy) is 1. The number of carbonyl (C=O) groups is 1. The van der Waals surface area contributed by atoms with Crippen molar-refractivity contribution in [1.82, 2.24) is 14.5 Å². The van der Waals surface area contributed by atoms with E-state index in [0.717, 1.165) is 28.1 Å². The number of aryl methyl sites for hydroxylation is 2. The summed E-state index contributed by atoms with van der Waals surface area (Å²) in [4.78, 5) is 36.0. The average molecular weight is 501 g/mol. The normalized spacial score (nSPS) is 14.4. The van der Waals surface area contributed by atoms with Crippen LogP contribution in [-0.4, -0.2) is 31.8 Å². The summed E-state index contributed by atoms with van der Waals surface area (Å²) in [5.41, 5.74) is 5.28. The number of benzene rings is 2. The highest BCUT2D eigenvalue weighted by molar-refractivity contribution is 7.99. The number of carbonyl (C=O) groups excluding carboxylic acids is 1. The topological polar surface area (TPSA) is 86.1 Å². The molecule has 8 heteroatoms. The predicted molar refractivity (Wildman–Crippen MR) is 143 cm³/mol. The Morgan fingerprint density at radius 1 is 1.06 bits per heavy atom. The molecule has 2 aromatic heterocycles. The molecule has 3 heterocycles. The Kier molecular flexibility index (Phi) is 6.40. The van der Waals surface area contributed by atoms with Gasteiger partial charge in [-0.3, -0.25) is 14.2 Å². The van der Waals surface area contributed by atoms with E-state index in [0.29, 0.717) is 34.9 Å². The van der Waals surface area contributed by atoms with E-state index < -0.39 is 0 Å². The molecule has 0 bridgehead atoms. The monoisotopic (exact) mass is 500 g/mol. The summed E-state index contributed by atoms with van der Waals surface area (Å²) in [7, 11) is 0. The minimum atomic E-state index is -0.323. The smallest absolute Gasteiger partial charge is 0.268 e. The van der Waals surface area contributed by atoms with Crippen molar-refractivity contribution >= 4 is 34.4 Å². The molecule has 0 spiro atoms. The highest BCUT2D eigenvalue weighted by Crippen LogP contribution is 2.29. The Hall–Kier alpha value is -3.49. The third-order valence-corrected chi connectivity index (χ3v) is 7.11. The Morgan fingerprint density at radius 2 is 1.72 bits per heavy atom. The van der Waals surface area contributed by atoms with E-state index in [1.54, 1.807) is 4.57 Å². The van der Waals surface area contributed by atoms with Gasteiger partial charge in [-0.2, -0.15) is 0 Å². The summed E-state index contributed by atoms with van der Waals surface area (Å²) < 4.78 is 7.50. The lowest BCUT2D eigenvalue weighted by atomic mass is 9.95. The van der Waals surface area contributed by atoms with Crippen molar-refractivity contribution < 1.29 is 9.53 Å². The molecule has 5 rings (SSSR count). The standard InChI is InChI=1S/C28H28N4O3S/c1-17-5-9-20(10-6-17)29-24(33)16-36-27-31-25-22(13-19-15-35-28(3,4)14-23(19)30-25)26(34)32(27)21-11-7-18(2)8-12-21/h5-13H,14-16H2,1-4H3,(H,29,33). The molecule has 1 amide bonds. The number of anilines is 1. The second kappa shape index (κ2) is 9.52. The summed E-state index contributed by atoms with van der Waals surface area (Å²) in [6.07, 6.45) is 0.641. The predicted octanol–water partition coefficient (Wildman–Crippen LogP) is 4.98. The Labute approximate surface area is 213 Å². The summed E-state index contributed by atoms with van der Waals surface area (Å²) >= 11 is 1.22. The van der Waals surface area contributed by atoms with Crippen LogP contribution in [0.2, 0.25) is 0 Å². The van der Waals surface area contributed by atoms with Crippen molar-refractivity contribution in [3.8, 4) is 5.69 Å². The number of nitrogens with zero attached hydrogens (tertiary/aromatic N) is 3. The molecule has 4 aromatic rings. The van der Waals surface area contributed by atoms with Crippen LogP contribution in [0.25, 0.3) is 16.7 Å². The maximum Gasteiger partial charge on any atom is 0.268 e. The summed E-state index contributed by atoms with van der Waals surface area (Å²) in [6.45, 7) is 8.45. The van der Waals surface area contributed by atoms with Crippen molar-refractivity contribution in [2.24, 2.45) is 0 Å². The number of pyridine rings is 1. The van der Waals surface area contributed by atoms with Crippen LogP contribution in [0.4, 0.5) is 5.69 Å². The van der Waals surface area contributed by atoms with Crippen LogP contribution in [0.5, 0.6) is 0 Å². The minimum Gasteiger partial charge on any atom is -0.370 e. The molecule has 184 valence electrons. The fraction of sp³-hybridized carbons (Fsp3) is 0.286. The van der Waals surface area contributed by atoms with E-state index in [1.807, 2.05) is 82.3 Å². The zero-order valence-electron chi connectivity index (χ0n) is 20.8. The average Bonchev–Trinajstić information content (AvgIpc) is 2.83. The maximum atomic E-state index is 13.7. The molecule has 0 saturated carbocycles. The number of fused-ring (bicyclic) bond motifs is 2. The molecule has 0 atom stereocenters. The van der Waals surface area contributed by atoms with Gasteiger partial charge in [0.25, 0.3) is 5.56 Å². The second-order valence-corrected chi connectivity index (χ2v) is 10.7. The van der Waals surface area contributed by atoms with Crippen LogP contribution in [0, 0.1) is 13.8 Å². The highest BCUT2D eigenvalue weighted by atomic mass is 32.2. The number of hydrogen-bond donors (Lipinski definition) is 1. The first-order valence-corrected chi connectivity index (χ1v) is 12.8. The SMILES string of the molecule is Cc1ccc(NC(=O)CSc2nc3nc4c(cc3c(=O)n2-c2ccc(C)cc2)COC(C)(C)C4)cc1. The van der Waals surface area contributed by atoms with Crippen LogP contribution in [-0.2, 0) is 22.6 Å². The quantitative estimate of drug-likeness (QED) is 0.307. The molecule has 36 heavy (non-hydrogen) atoms. The van der Waals surface area contributed by atoms with Crippen LogP contribution >= 0.6 is 11.8 Å². The first-order valence-electron chi connectivity index (χ1n) is 11.8. The third-order valence-electron chi connectivity index (χ3n) is 6.17. The van der Waals surface area contributed by atoms with Gasteiger partial charge in [-0.15, -0.1) is 0 Å². The highest BCUT2D eigenvalue weighted by Gasteiger charge is 2.28. The number of rotatable bonds is 5. The molecule has 7 nitrogen and oxygen atoms in total. The third kappa shape index (κ3) is 5.05. The van der Waals surface area contributed by atoms with Gasteiger partial charge in [0.15, 0.2) is 10.8 Å². The van der Waals surface area contributed by atoms with Gasteiger partial charge in [0.1, 0.15) is 0 Å². The van der Waals surface area contributed by atoms with Crippen LogP contribution in [0.15, 0.2) is 64.5 Å². The molecule has 1 aliphatic rings. The van der Waals surface area contributed by atoms with Crippen molar-refractivity contribution in [2.45, 2.75) is 51.5 Å². The zero-order valence-corrected chi connectivity index (χ0v) is 21.6. The fourth-order valence-corrected chi connectivity index (χ4v) is 4.96. The van der Waals surface area contributed by atoms with Crippen LogP contribution in [0.3, 0.4) is 0 Å².